The van der Waals surface area contributed by atoms with Crippen LogP contribution in [0, 0.1) is 5.92 Å². The predicted octanol–water partition coefficient (Wildman–Crippen LogP) is 3.61. The zero-order valence-corrected chi connectivity index (χ0v) is 24.7. The lowest BCUT2D eigenvalue weighted by Crippen LogP contribution is -2.51. The molecule has 2 unspecified atom stereocenters. The number of fused-ring (bicyclic) bond motifs is 4. The van der Waals surface area contributed by atoms with E-state index in [9.17, 15) is 13.8 Å². The smallest absolute Gasteiger partial charge is 0.251 e. The van der Waals surface area contributed by atoms with Crippen molar-refractivity contribution in [1.29, 1.82) is 0 Å². The van der Waals surface area contributed by atoms with Crippen molar-refractivity contribution >= 4 is 28.5 Å². The molecular weight excluding hydrogens is 512 g/mol. The van der Waals surface area contributed by atoms with Crippen LogP contribution in [-0.4, -0.2) is 61.1 Å². The summed E-state index contributed by atoms with van der Waals surface area (Å²) in [6, 6.07) is 13.1. The average molecular weight is 557 g/mol. The molecule has 0 fully saturated rings. The van der Waals surface area contributed by atoms with E-state index >= 15 is 0 Å². The fourth-order valence-electron chi connectivity index (χ4n) is 4.56. The summed E-state index contributed by atoms with van der Waals surface area (Å²) in [5.74, 6) is 0.689. The minimum absolute atomic E-state index is 0.00939. The number of hydrogen-bond donors (Lipinski definition) is 3. The molecule has 0 saturated heterocycles. The summed E-state index contributed by atoms with van der Waals surface area (Å²) in [6.45, 7) is 7.79. The number of aryl methyl sites for hydroxylation is 1. The summed E-state index contributed by atoms with van der Waals surface area (Å²) in [6.07, 6.45) is 5.51. The van der Waals surface area contributed by atoms with Crippen molar-refractivity contribution in [2.24, 2.45) is 5.92 Å². The maximum absolute atomic E-state index is 13.5. The maximum atomic E-state index is 13.5. The van der Waals surface area contributed by atoms with Gasteiger partial charge < -0.3 is 20.7 Å². The summed E-state index contributed by atoms with van der Waals surface area (Å²) in [4.78, 5) is 26.4. The Bertz CT molecular complexity index is 1140. The molecule has 1 aliphatic rings. The number of nitrogens with zero attached hydrogens (tertiary/aromatic N) is 1. The first kappa shape index (κ1) is 30.6. The Balaban J connectivity index is 1.88. The fourth-order valence-corrected chi connectivity index (χ4v) is 4.96. The summed E-state index contributed by atoms with van der Waals surface area (Å²) in [5.41, 5.74) is 3.44. The summed E-state index contributed by atoms with van der Waals surface area (Å²) >= 11 is 0. The van der Waals surface area contributed by atoms with E-state index in [1.54, 1.807) is 29.7 Å². The molecule has 214 valence electrons. The number of anilines is 1. The second-order valence-corrected chi connectivity index (χ2v) is 12.1. The van der Waals surface area contributed by atoms with Gasteiger partial charge in [0.1, 0.15) is 16.7 Å². The summed E-state index contributed by atoms with van der Waals surface area (Å²) in [5, 5.41) is 9.65. The number of ether oxygens (including phenoxy) is 1. The molecule has 3 atom stereocenters. The van der Waals surface area contributed by atoms with Crippen LogP contribution in [0.1, 0.15) is 61.5 Å². The van der Waals surface area contributed by atoms with Crippen LogP contribution < -0.4 is 25.0 Å². The van der Waals surface area contributed by atoms with Crippen LogP contribution >= 0.6 is 0 Å². The molecule has 39 heavy (non-hydrogen) atoms. The molecule has 0 radical (unpaired) electrons. The van der Waals surface area contributed by atoms with Gasteiger partial charge in [-0.05, 0) is 54.9 Å². The molecular formula is C30H44N4O4S. The number of carbonyl (C=O) groups is 2. The highest BCUT2D eigenvalue weighted by Crippen LogP contribution is 2.25. The van der Waals surface area contributed by atoms with E-state index in [0.29, 0.717) is 55.5 Å². The number of carbonyl (C=O) groups excluding carboxylic acids is 2. The topological polar surface area (TPSA) is 99.8 Å². The van der Waals surface area contributed by atoms with Crippen molar-refractivity contribution in [2.45, 2.75) is 65.0 Å². The molecule has 9 heteroatoms. The highest BCUT2D eigenvalue weighted by Gasteiger charge is 2.22. The largest absolute Gasteiger partial charge is 0.493 e. The van der Waals surface area contributed by atoms with Crippen LogP contribution in [-0.2, 0) is 28.6 Å². The van der Waals surface area contributed by atoms with Crippen molar-refractivity contribution < 1.29 is 18.5 Å². The second kappa shape index (κ2) is 15.0. The zero-order chi connectivity index (χ0) is 28.4. The van der Waals surface area contributed by atoms with Gasteiger partial charge in [-0.2, -0.15) is 0 Å². The third-order valence-corrected chi connectivity index (χ3v) is 7.76. The highest BCUT2D eigenvalue weighted by atomic mass is 32.2. The molecule has 0 spiro atoms. The molecule has 2 amide bonds. The first-order valence-corrected chi connectivity index (χ1v) is 15.4. The van der Waals surface area contributed by atoms with Crippen LogP contribution in [0.15, 0.2) is 42.5 Å². The second-order valence-electron chi connectivity index (χ2n) is 10.7. The van der Waals surface area contributed by atoms with Crippen LogP contribution in [0.5, 0.6) is 5.75 Å². The van der Waals surface area contributed by atoms with E-state index in [2.05, 4.69) is 61.0 Å². The third kappa shape index (κ3) is 9.65. The number of benzene rings is 2. The Kier molecular flexibility index (Phi) is 11.8. The van der Waals surface area contributed by atoms with E-state index < -0.39 is 11.0 Å². The molecule has 2 aromatic rings. The van der Waals surface area contributed by atoms with Gasteiger partial charge in [0.05, 0.1) is 18.3 Å². The van der Waals surface area contributed by atoms with Crippen LogP contribution in [0.4, 0.5) is 5.69 Å². The van der Waals surface area contributed by atoms with E-state index in [1.807, 2.05) is 6.07 Å². The molecule has 4 bridgehead atoms. The standard InChI is InChI=1S/C30H44N4O4S/c1-6-9-28(30(36)32-19-21(2)3)31-20-25-15-23-11-7-10-22(14-23)12-8-13-38-27-17-24(29(35)33-25)16-26(18-27)34(4)39(5)37/h7,10-11,14,16-18,21,25,28,31H,6,8-9,12-13,15,19-20H2,1-5H3,(H,32,36)(H,33,35)/t25?,28-,39?/m0/s1. The molecule has 1 aliphatic heterocycles. The maximum Gasteiger partial charge on any atom is 0.251 e. The fraction of sp³-hybridized carbons (Fsp3) is 0.533. The normalized spacial score (nSPS) is 17.4. The van der Waals surface area contributed by atoms with E-state index in [1.165, 1.54) is 5.56 Å². The minimum atomic E-state index is -1.25. The van der Waals surface area contributed by atoms with Gasteiger partial charge in [-0.1, -0.05) is 51.5 Å². The Hall–Kier alpha value is -2.91. The first-order valence-electron chi connectivity index (χ1n) is 13.9. The van der Waals surface area contributed by atoms with Crippen molar-refractivity contribution in [2.75, 3.05) is 37.3 Å². The molecule has 2 aromatic carbocycles. The third-order valence-electron chi connectivity index (χ3n) is 6.78. The Morgan fingerprint density at radius 2 is 1.97 bits per heavy atom. The van der Waals surface area contributed by atoms with E-state index in [4.69, 9.17) is 4.74 Å². The summed E-state index contributed by atoms with van der Waals surface area (Å²) in [7, 11) is 0.478. The highest BCUT2D eigenvalue weighted by molar-refractivity contribution is 7.85. The monoisotopic (exact) mass is 556 g/mol. The van der Waals surface area contributed by atoms with Gasteiger partial charge >= 0.3 is 0 Å². The van der Waals surface area contributed by atoms with Crippen molar-refractivity contribution in [3.8, 4) is 5.75 Å². The molecule has 0 saturated carbocycles. The van der Waals surface area contributed by atoms with Gasteiger partial charge in [0, 0.05) is 44.1 Å². The zero-order valence-electron chi connectivity index (χ0n) is 23.9. The lowest BCUT2D eigenvalue weighted by molar-refractivity contribution is -0.123. The van der Waals surface area contributed by atoms with Crippen LogP contribution in [0.2, 0.25) is 0 Å². The number of hydrogen-bond acceptors (Lipinski definition) is 5. The SMILES string of the molecule is CCC[C@H](NCC1Cc2cccc(c2)CCCOc2cc(cc(N(C)S(C)=O)c2)C(=O)N1)C(=O)NCC(C)C. The predicted molar refractivity (Wildman–Crippen MR) is 159 cm³/mol. The van der Waals surface area contributed by atoms with Crippen molar-refractivity contribution in [3.05, 3.63) is 59.2 Å². The molecule has 8 nitrogen and oxygen atoms in total. The van der Waals surface area contributed by atoms with Gasteiger partial charge in [0.25, 0.3) is 5.91 Å². The molecule has 0 aliphatic carbocycles. The summed E-state index contributed by atoms with van der Waals surface area (Å²) < 4.78 is 19.8. The van der Waals surface area contributed by atoms with E-state index in [-0.39, 0.29) is 23.9 Å². The Labute approximate surface area is 235 Å². The molecule has 1 heterocycles. The Morgan fingerprint density at radius 3 is 2.69 bits per heavy atom. The van der Waals surface area contributed by atoms with Gasteiger partial charge in [-0.15, -0.1) is 0 Å². The van der Waals surface area contributed by atoms with Gasteiger partial charge in [0.15, 0.2) is 0 Å². The number of nitrogens with one attached hydrogen (secondary N) is 3. The lowest BCUT2D eigenvalue weighted by atomic mass is 10.00. The molecule has 0 aromatic heterocycles. The lowest BCUT2D eigenvalue weighted by Gasteiger charge is -2.25. The minimum Gasteiger partial charge on any atom is -0.493 e. The van der Waals surface area contributed by atoms with Gasteiger partial charge in [-0.3, -0.25) is 13.9 Å². The van der Waals surface area contributed by atoms with Crippen molar-refractivity contribution in [1.82, 2.24) is 16.0 Å². The van der Waals surface area contributed by atoms with Gasteiger partial charge in [0.2, 0.25) is 5.91 Å². The average Bonchev–Trinajstić information content (AvgIpc) is 2.91. The Morgan fingerprint density at radius 1 is 1.21 bits per heavy atom. The quantitative estimate of drug-likeness (QED) is 0.415. The van der Waals surface area contributed by atoms with Crippen LogP contribution in [0.25, 0.3) is 0 Å². The molecule has 3 N–H and O–H groups in total. The van der Waals surface area contributed by atoms with Crippen molar-refractivity contribution in [3.63, 3.8) is 0 Å². The van der Waals surface area contributed by atoms with Crippen LogP contribution in [0.3, 0.4) is 0 Å². The van der Waals surface area contributed by atoms with E-state index in [0.717, 1.165) is 24.8 Å². The molecule has 3 rings (SSSR count). The number of rotatable bonds is 10. The van der Waals surface area contributed by atoms with Gasteiger partial charge in [-0.25, -0.2) is 4.21 Å². The first-order chi connectivity index (χ1) is 18.7. The number of amides is 2.